The normalized spacial score (nSPS) is 8.14. The molecule has 0 heterocycles. The molecular formula is C4H9NOS. The van der Waals surface area contributed by atoms with Crippen molar-refractivity contribution in [2.24, 2.45) is 0 Å². The van der Waals surface area contributed by atoms with Gasteiger partial charge in [-0.2, -0.15) is 11.8 Å². The van der Waals surface area contributed by atoms with Gasteiger partial charge in [0.2, 0.25) is 6.41 Å². The lowest BCUT2D eigenvalue weighted by Crippen LogP contribution is -2.13. The number of hydrogen-bond acceptors (Lipinski definition) is 2. The van der Waals surface area contributed by atoms with Gasteiger partial charge in [0.1, 0.15) is 0 Å². The third kappa shape index (κ3) is 5.82. The summed E-state index contributed by atoms with van der Waals surface area (Å²) in [6.45, 7) is 0.782. The van der Waals surface area contributed by atoms with E-state index in [1.165, 1.54) is 0 Å². The van der Waals surface area contributed by atoms with Crippen LogP contribution >= 0.6 is 11.8 Å². The minimum Gasteiger partial charge on any atom is -0.358 e. The molecule has 0 radical (unpaired) electrons. The first-order valence-electron chi connectivity index (χ1n) is 2.07. The highest BCUT2D eigenvalue weighted by Crippen LogP contribution is 1.85. The fourth-order valence-corrected chi connectivity index (χ4v) is 0.542. The van der Waals surface area contributed by atoms with E-state index in [1.807, 2.05) is 6.26 Å². The molecule has 0 rings (SSSR count). The predicted octanol–water partition coefficient (Wildman–Crippen LogP) is 0.0954. The van der Waals surface area contributed by atoms with Gasteiger partial charge in [-0.25, -0.2) is 0 Å². The quantitative estimate of drug-likeness (QED) is 0.420. The van der Waals surface area contributed by atoms with Crippen molar-refractivity contribution in [3.63, 3.8) is 0 Å². The topological polar surface area (TPSA) is 29.1 Å². The molecule has 3 heteroatoms. The van der Waals surface area contributed by atoms with Gasteiger partial charge in [-0.05, 0) is 6.26 Å². The van der Waals surface area contributed by atoms with Crippen molar-refractivity contribution in [1.82, 2.24) is 5.32 Å². The molecule has 0 saturated heterocycles. The SMILES string of the molecule is CSCCNC=O. The van der Waals surface area contributed by atoms with Crippen molar-refractivity contribution < 1.29 is 4.79 Å². The summed E-state index contributed by atoms with van der Waals surface area (Å²) in [5.74, 6) is 0.999. The second kappa shape index (κ2) is 5.82. The summed E-state index contributed by atoms with van der Waals surface area (Å²) in [4.78, 5) is 9.56. The van der Waals surface area contributed by atoms with Crippen LogP contribution in [0.15, 0.2) is 0 Å². The highest BCUT2D eigenvalue weighted by molar-refractivity contribution is 7.98. The van der Waals surface area contributed by atoms with E-state index in [2.05, 4.69) is 5.32 Å². The number of rotatable bonds is 4. The number of nitrogens with one attached hydrogen (secondary N) is 1. The van der Waals surface area contributed by atoms with Gasteiger partial charge in [-0.3, -0.25) is 4.79 Å². The van der Waals surface area contributed by atoms with E-state index in [9.17, 15) is 4.79 Å². The Kier molecular flexibility index (Phi) is 5.67. The second-order valence-corrected chi connectivity index (χ2v) is 2.05. The average Bonchev–Trinajstić information content (AvgIpc) is 1.69. The van der Waals surface area contributed by atoms with Gasteiger partial charge in [-0.15, -0.1) is 0 Å². The summed E-state index contributed by atoms with van der Waals surface area (Å²) in [6, 6.07) is 0. The number of amides is 1. The molecule has 0 unspecified atom stereocenters. The lowest BCUT2D eigenvalue weighted by Gasteiger charge is -1.90. The summed E-state index contributed by atoms with van der Waals surface area (Å²) in [7, 11) is 0. The van der Waals surface area contributed by atoms with E-state index >= 15 is 0 Å². The molecule has 0 saturated carbocycles. The molecule has 2 nitrogen and oxygen atoms in total. The van der Waals surface area contributed by atoms with Crippen LogP contribution in [0.25, 0.3) is 0 Å². The molecule has 0 aromatic rings. The van der Waals surface area contributed by atoms with E-state index in [4.69, 9.17) is 0 Å². The summed E-state index contributed by atoms with van der Waals surface area (Å²) in [5, 5.41) is 2.55. The number of hydrogen-bond donors (Lipinski definition) is 1. The van der Waals surface area contributed by atoms with E-state index in [1.54, 1.807) is 11.8 Å². The molecule has 0 bridgehead atoms. The van der Waals surface area contributed by atoms with Gasteiger partial charge >= 0.3 is 0 Å². The van der Waals surface area contributed by atoms with Crippen molar-refractivity contribution in [3.05, 3.63) is 0 Å². The van der Waals surface area contributed by atoms with Crippen LogP contribution in [0, 0.1) is 0 Å². The molecule has 0 aromatic carbocycles. The van der Waals surface area contributed by atoms with Crippen molar-refractivity contribution in [1.29, 1.82) is 0 Å². The minimum absolute atomic E-state index is 0.718. The maximum atomic E-state index is 9.56. The minimum atomic E-state index is 0.718. The highest BCUT2D eigenvalue weighted by atomic mass is 32.2. The van der Waals surface area contributed by atoms with Crippen LogP contribution in [0.5, 0.6) is 0 Å². The number of carbonyl (C=O) groups excluding carboxylic acids is 1. The zero-order chi connectivity index (χ0) is 5.54. The molecule has 7 heavy (non-hydrogen) atoms. The van der Waals surface area contributed by atoms with Gasteiger partial charge in [0.15, 0.2) is 0 Å². The zero-order valence-corrected chi connectivity index (χ0v) is 5.12. The number of thioether (sulfide) groups is 1. The van der Waals surface area contributed by atoms with Crippen LogP contribution in [0.3, 0.4) is 0 Å². The van der Waals surface area contributed by atoms with Gasteiger partial charge in [0, 0.05) is 12.3 Å². The standard InChI is InChI=1S/C4H9NOS/c1-7-3-2-5-4-6/h4H,2-3H2,1H3,(H,5,6). The van der Waals surface area contributed by atoms with Crippen LogP contribution < -0.4 is 5.32 Å². The molecule has 1 amide bonds. The Morgan fingerprint density at radius 3 is 3.00 bits per heavy atom. The Balaban J connectivity index is 2.56. The summed E-state index contributed by atoms with van der Waals surface area (Å²) >= 11 is 1.72. The Morgan fingerprint density at radius 1 is 1.86 bits per heavy atom. The molecule has 0 atom stereocenters. The Hall–Kier alpha value is -0.180. The van der Waals surface area contributed by atoms with Crippen LogP contribution in [0.1, 0.15) is 0 Å². The van der Waals surface area contributed by atoms with Crippen molar-refractivity contribution in [2.45, 2.75) is 0 Å². The third-order valence-electron chi connectivity index (χ3n) is 0.534. The Bertz CT molecular complexity index is 49.0. The van der Waals surface area contributed by atoms with Crippen molar-refractivity contribution in [2.75, 3.05) is 18.6 Å². The van der Waals surface area contributed by atoms with Gasteiger partial charge in [0.25, 0.3) is 0 Å². The second-order valence-electron chi connectivity index (χ2n) is 1.06. The van der Waals surface area contributed by atoms with Gasteiger partial charge < -0.3 is 5.32 Å². The lowest BCUT2D eigenvalue weighted by molar-refractivity contribution is -0.109. The lowest BCUT2D eigenvalue weighted by atomic mass is 10.8. The first-order chi connectivity index (χ1) is 3.41. The van der Waals surface area contributed by atoms with Crippen LogP contribution in [0.4, 0.5) is 0 Å². The Labute approximate surface area is 47.7 Å². The van der Waals surface area contributed by atoms with E-state index < -0.39 is 0 Å². The predicted molar refractivity (Wildman–Crippen MR) is 32.4 cm³/mol. The first kappa shape index (κ1) is 6.82. The van der Waals surface area contributed by atoms with Crippen LogP contribution in [-0.4, -0.2) is 25.0 Å². The zero-order valence-electron chi connectivity index (χ0n) is 4.31. The average molecular weight is 119 g/mol. The van der Waals surface area contributed by atoms with Crippen LogP contribution in [0.2, 0.25) is 0 Å². The highest BCUT2D eigenvalue weighted by Gasteiger charge is 1.76. The van der Waals surface area contributed by atoms with Crippen molar-refractivity contribution in [3.8, 4) is 0 Å². The molecule has 0 aliphatic carbocycles. The molecule has 1 N–H and O–H groups in total. The largest absolute Gasteiger partial charge is 0.358 e. The summed E-state index contributed by atoms with van der Waals surface area (Å²) in [6.07, 6.45) is 2.72. The van der Waals surface area contributed by atoms with Crippen LogP contribution in [-0.2, 0) is 4.79 Å². The molecule has 0 aliphatic heterocycles. The van der Waals surface area contributed by atoms with E-state index in [0.717, 1.165) is 18.7 Å². The monoisotopic (exact) mass is 119 g/mol. The third-order valence-corrected chi connectivity index (χ3v) is 1.15. The summed E-state index contributed by atoms with van der Waals surface area (Å²) in [5.41, 5.74) is 0. The van der Waals surface area contributed by atoms with Gasteiger partial charge in [-0.1, -0.05) is 0 Å². The van der Waals surface area contributed by atoms with E-state index in [-0.39, 0.29) is 0 Å². The smallest absolute Gasteiger partial charge is 0.207 e. The Morgan fingerprint density at radius 2 is 2.57 bits per heavy atom. The fraction of sp³-hybridized carbons (Fsp3) is 0.750. The van der Waals surface area contributed by atoms with E-state index in [0.29, 0.717) is 0 Å². The van der Waals surface area contributed by atoms with Crippen molar-refractivity contribution >= 4 is 18.2 Å². The molecule has 0 fully saturated rings. The van der Waals surface area contributed by atoms with Gasteiger partial charge in [0.05, 0.1) is 0 Å². The molecule has 42 valence electrons. The molecule has 0 aliphatic rings. The molecule has 0 spiro atoms. The first-order valence-corrected chi connectivity index (χ1v) is 3.47. The maximum Gasteiger partial charge on any atom is 0.207 e. The molecular weight excluding hydrogens is 110 g/mol. The summed E-state index contributed by atoms with van der Waals surface area (Å²) < 4.78 is 0. The maximum absolute atomic E-state index is 9.56. The molecule has 0 aromatic heterocycles. The fourth-order valence-electron chi connectivity index (χ4n) is 0.220. The number of carbonyl (C=O) groups is 1.